The molecule has 2 amide bonds. The van der Waals surface area contributed by atoms with Gasteiger partial charge < -0.3 is 9.73 Å². The van der Waals surface area contributed by atoms with Crippen LogP contribution in [0.3, 0.4) is 0 Å². The summed E-state index contributed by atoms with van der Waals surface area (Å²) in [6.45, 7) is 3.59. The van der Waals surface area contributed by atoms with Crippen LogP contribution in [0.5, 0.6) is 0 Å². The lowest BCUT2D eigenvalue weighted by Crippen LogP contribution is -2.16. The van der Waals surface area contributed by atoms with Gasteiger partial charge in [0.25, 0.3) is 5.91 Å². The number of aromatic nitrogens is 2. The summed E-state index contributed by atoms with van der Waals surface area (Å²) >= 11 is 1.26. The average molecular weight is 356 g/mol. The third-order valence-electron chi connectivity index (χ3n) is 3.48. The third-order valence-corrected chi connectivity index (χ3v) is 4.29. The molecule has 0 bridgehead atoms. The van der Waals surface area contributed by atoms with Gasteiger partial charge in [-0.15, -0.1) is 11.3 Å². The molecule has 3 aromatic heterocycles. The maximum absolute atomic E-state index is 12.1. The highest BCUT2D eigenvalue weighted by Gasteiger charge is 2.14. The lowest BCUT2D eigenvalue weighted by atomic mass is 10.2. The Labute approximate surface area is 148 Å². The van der Waals surface area contributed by atoms with Crippen molar-refractivity contribution >= 4 is 34.1 Å². The van der Waals surface area contributed by atoms with Crippen molar-refractivity contribution in [2.75, 3.05) is 10.6 Å². The Balaban J connectivity index is 1.60. The summed E-state index contributed by atoms with van der Waals surface area (Å²) in [6.07, 6.45) is 3.19. The summed E-state index contributed by atoms with van der Waals surface area (Å²) in [5.41, 5.74) is 1.92. The molecule has 0 unspecified atom stereocenters. The topological polar surface area (TPSA) is 97.1 Å². The third kappa shape index (κ3) is 4.10. The predicted octanol–water partition coefficient (Wildman–Crippen LogP) is 3.18. The monoisotopic (exact) mass is 356 g/mol. The van der Waals surface area contributed by atoms with E-state index >= 15 is 0 Å². The van der Waals surface area contributed by atoms with Crippen molar-refractivity contribution in [1.29, 1.82) is 0 Å². The molecule has 3 rings (SSSR count). The summed E-state index contributed by atoms with van der Waals surface area (Å²) in [7, 11) is 0. The average Bonchev–Trinajstić information content (AvgIpc) is 3.18. The van der Waals surface area contributed by atoms with Crippen molar-refractivity contribution in [3.05, 3.63) is 58.6 Å². The van der Waals surface area contributed by atoms with Gasteiger partial charge in [0.15, 0.2) is 5.13 Å². The van der Waals surface area contributed by atoms with Crippen molar-refractivity contribution in [2.45, 2.75) is 20.3 Å². The maximum atomic E-state index is 12.1. The Kier molecular flexibility index (Phi) is 4.90. The van der Waals surface area contributed by atoms with Crippen LogP contribution in [0.2, 0.25) is 0 Å². The molecule has 0 fully saturated rings. The van der Waals surface area contributed by atoms with E-state index in [0.717, 1.165) is 5.56 Å². The molecule has 0 aromatic carbocycles. The summed E-state index contributed by atoms with van der Waals surface area (Å²) in [5.74, 6) is 0.572. The van der Waals surface area contributed by atoms with E-state index < -0.39 is 0 Å². The summed E-state index contributed by atoms with van der Waals surface area (Å²) in [6, 6.07) is 5.28. The summed E-state index contributed by atoms with van der Waals surface area (Å²) in [5, 5.41) is 7.63. The number of furan rings is 1. The van der Waals surface area contributed by atoms with Crippen LogP contribution < -0.4 is 10.6 Å². The molecule has 0 aliphatic carbocycles. The highest BCUT2D eigenvalue weighted by Crippen LogP contribution is 2.19. The first kappa shape index (κ1) is 16.8. The number of rotatable bonds is 5. The van der Waals surface area contributed by atoms with E-state index in [-0.39, 0.29) is 18.2 Å². The molecule has 0 saturated carbocycles. The Morgan fingerprint density at radius 1 is 1.24 bits per heavy atom. The number of carbonyl (C=O) groups excluding carboxylic acids is 2. The zero-order chi connectivity index (χ0) is 17.8. The van der Waals surface area contributed by atoms with Crippen molar-refractivity contribution in [2.24, 2.45) is 0 Å². The minimum atomic E-state index is -0.291. The zero-order valence-corrected chi connectivity index (χ0v) is 14.5. The number of hydrogen-bond donors (Lipinski definition) is 2. The van der Waals surface area contributed by atoms with E-state index in [9.17, 15) is 9.59 Å². The maximum Gasteiger partial charge on any atom is 0.260 e. The van der Waals surface area contributed by atoms with Gasteiger partial charge in [-0.1, -0.05) is 6.07 Å². The molecule has 2 N–H and O–H groups in total. The fraction of sp³-hybridized carbons (Fsp3) is 0.176. The highest BCUT2D eigenvalue weighted by atomic mass is 32.1. The standard InChI is InChI=1S/C17H16N4O3S/c1-10-4-3-6-18-15(10)20-14(22)8-12-9-25-17(19-12)21-16(23)13-5-7-24-11(13)2/h3-7,9H,8H2,1-2H3,(H,18,20,22)(H,19,21,23). The highest BCUT2D eigenvalue weighted by molar-refractivity contribution is 7.14. The predicted molar refractivity (Wildman–Crippen MR) is 94.8 cm³/mol. The lowest BCUT2D eigenvalue weighted by molar-refractivity contribution is -0.115. The van der Waals surface area contributed by atoms with Crippen LogP contribution in [0.1, 0.15) is 27.4 Å². The van der Waals surface area contributed by atoms with Gasteiger partial charge in [0, 0.05) is 11.6 Å². The van der Waals surface area contributed by atoms with Gasteiger partial charge in [0.1, 0.15) is 11.6 Å². The second-order valence-corrected chi connectivity index (χ2v) is 6.24. The molecular weight excluding hydrogens is 340 g/mol. The van der Waals surface area contributed by atoms with Gasteiger partial charge in [-0.3, -0.25) is 14.9 Å². The van der Waals surface area contributed by atoms with Crippen molar-refractivity contribution in [3.63, 3.8) is 0 Å². The Morgan fingerprint density at radius 2 is 2.08 bits per heavy atom. The minimum absolute atomic E-state index is 0.104. The number of aryl methyl sites for hydroxylation is 2. The SMILES string of the molecule is Cc1cccnc1NC(=O)Cc1csc(NC(=O)c2ccoc2C)n1. The van der Waals surface area contributed by atoms with E-state index in [1.165, 1.54) is 17.6 Å². The number of nitrogens with one attached hydrogen (secondary N) is 2. The molecule has 128 valence electrons. The first-order valence-corrected chi connectivity index (χ1v) is 8.42. The number of nitrogens with zero attached hydrogens (tertiary/aromatic N) is 2. The molecule has 7 nitrogen and oxygen atoms in total. The number of carbonyl (C=O) groups is 2. The van der Waals surface area contributed by atoms with Crippen LogP contribution in [-0.4, -0.2) is 21.8 Å². The molecule has 8 heteroatoms. The van der Waals surface area contributed by atoms with Crippen LogP contribution in [-0.2, 0) is 11.2 Å². The summed E-state index contributed by atoms with van der Waals surface area (Å²) in [4.78, 5) is 32.6. The second kappa shape index (κ2) is 7.27. The van der Waals surface area contributed by atoms with E-state index in [1.807, 2.05) is 19.1 Å². The first-order valence-electron chi connectivity index (χ1n) is 7.54. The Morgan fingerprint density at radius 3 is 2.80 bits per heavy atom. The molecule has 25 heavy (non-hydrogen) atoms. The van der Waals surface area contributed by atoms with Gasteiger partial charge in [0.2, 0.25) is 5.91 Å². The fourth-order valence-electron chi connectivity index (χ4n) is 2.19. The largest absolute Gasteiger partial charge is 0.469 e. The van der Waals surface area contributed by atoms with Gasteiger partial charge >= 0.3 is 0 Å². The van der Waals surface area contributed by atoms with Crippen LogP contribution in [0.15, 0.2) is 40.5 Å². The fourth-order valence-corrected chi connectivity index (χ4v) is 2.89. The van der Waals surface area contributed by atoms with Crippen LogP contribution in [0, 0.1) is 13.8 Å². The van der Waals surface area contributed by atoms with Crippen LogP contribution >= 0.6 is 11.3 Å². The smallest absolute Gasteiger partial charge is 0.260 e. The molecule has 0 aliphatic heterocycles. The number of amides is 2. The molecule has 3 heterocycles. The molecule has 0 atom stereocenters. The minimum Gasteiger partial charge on any atom is -0.469 e. The molecule has 0 spiro atoms. The molecular formula is C17H16N4O3S. The van der Waals surface area contributed by atoms with E-state index in [4.69, 9.17) is 4.42 Å². The second-order valence-electron chi connectivity index (χ2n) is 5.38. The molecule has 0 saturated heterocycles. The van der Waals surface area contributed by atoms with Gasteiger partial charge in [-0.25, -0.2) is 9.97 Å². The Hall–Kier alpha value is -3.00. The molecule has 0 radical (unpaired) electrons. The van der Waals surface area contributed by atoms with Gasteiger partial charge in [0.05, 0.1) is 23.9 Å². The zero-order valence-electron chi connectivity index (χ0n) is 13.7. The van der Waals surface area contributed by atoms with Crippen molar-refractivity contribution < 1.29 is 14.0 Å². The number of thiazole rings is 1. The number of pyridine rings is 1. The van der Waals surface area contributed by atoms with Crippen LogP contribution in [0.4, 0.5) is 10.9 Å². The van der Waals surface area contributed by atoms with E-state index in [0.29, 0.717) is 28.0 Å². The quantitative estimate of drug-likeness (QED) is 0.732. The Bertz CT molecular complexity index is 916. The molecule has 3 aromatic rings. The van der Waals surface area contributed by atoms with E-state index in [1.54, 1.807) is 24.6 Å². The van der Waals surface area contributed by atoms with Gasteiger partial charge in [-0.05, 0) is 31.5 Å². The number of hydrogen-bond acceptors (Lipinski definition) is 6. The number of anilines is 2. The summed E-state index contributed by atoms with van der Waals surface area (Å²) < 4.78 is 5.11. The van der Waals surface area contributed by atoms with E-state index in [2.05, 4.69) is 20.6 Å². The molecule has 0 aliphatic rings. The van der Waals surface area contributed by atoms with Gasteiger partial charge in [-0.2, -0.15) is 0 Å². The van der Waals surface area contributed by atoms with Crippen molar-refractivity contribution in [3.8, 4) is 0 Å². The normalized spacial score (nSPS) is 10.5. The first-order chi connectivity index (χ1) is 12.0. The van der Waals surface area contributed by atoms with Crippen molar-refractivity contribution in [1.82, 2.24) is 9.97 Å². The van der Waals surface area contributed by atoms with Crippen LogP contribution in [0.25, 0.3) is 0 Å². The lowest BCUT2D eigenvalue weighted by Gasteiger charge is -2.05.